The number of nitrogens with two attached hydrogens (primary N) is 1. The van der Waals surface area contributed by atoms with E-state index in [2.05, 4.69) is 18.3 Å². The summed E-state index contributed by atoms with van der Waals surface area (Å²) in [6.07, 6.45) is 1.73. The molecule has 0 saturated carbocycles. The quantitative estimate of drug-likeness (QED) is 0.726. The van der Waals surface area contributed by atoms with Crippen molar-refractivity contribution in [3.05, 3.63) is 35.6 Å². The molecule has 1 aromatic heterocycles. The maximum absolute atomic E-state index is 8.91. The van der Waals surface area contributed by atoms with Crippen LogP contribution in [0, 0.1) is 6.92 Å². The number of aliphatic hydroxyl groups excluding tert-OH is 1. The first-order valence-electron chi connectivity index (χ1n) is 7.22. The fraction of sp³-hybridized carbons (Fsp3) is 0.500. The Morgan fingerprint density at radius 3 is 2.80 bits per heavy atom. The lowest BCUT2D eigenvalue weighted by Crippen LogP contribution is -2.35. The second-order valence-corrected chi connectivity index (χ2v) is 5.29. The highest BCUT2D eigenvalue weighted by Gasteiger charge is 2.20. The van der Waals surface area contributed by atoms with Gasteiger partial charge < -0.3 is 20.6 Å². The predicted molar refractivity (Wildman–Crippen MR) is 81.7 cm³/mol. The number of para-hydroxylation sites is 1. The van der Waals surface area contributed by atoms with Gasteiger partial charge in [-0.2, -0.15) is 0 Å². The number of hydrogen-bond donors (Lipinski definition) is 3. The Hall–Kier alpha value is -1.36. The van der Waals surface area contributed by atoms with E-state index in [0.717, 1.165) is 35.1 Å². The van der Waals surface area contributed by atoms with E-state index >= 15 is 0 Å². The van der Waals surface area contributed by atoms with E-state index in [0.29, 0.717) is 12.6 Å². The minimum Gasteiger partial charge on any atom is -0.461 e. The molecule has 2 aromatic rings. The Labute approximate surface area is 120 Å². The molecule has 4 N–H and O–H groups in total. The SMILES string of the molecule is Cc1oc2ccccc2c1C(CN)NC(C)CCCO. The number of rotatable bonds is 7. The molecule has 0 amide bonds. The van der Waals surface area contributed by atoms with Crippen LogP contribution in [0.1, 0.15) is 37.1 Å². The summed E-state index contributed by atoms with van der Waals surface area (Å²) in [4.78, 5) is 0. The molecule has 0 radical (unpaired) electrons. The van der Waals surface area contributed by atoms with Gasteiger partial charge in [-0.3, -0.25) is 0 Å². The molecular weight excluding hydrogens is 252 g/mol. The molecule has 0 aliphatic heterocycles. The van der Waals surface area contributed by atoms with Crippen molar-refractivity contribution >= 4 is 11.0 Å². The van der Waals surface area contributed by atoms with Gasteiger partial charge >= 0.3 is 0 Å². The second kappa shape index (κ2) is 6.88. The molecule has 110 valence electrons. The van der Waals surface area contributed by atoms with Crippen LogP contribution < -0.4 is 11.1 Å². The van der Waals surface area contributed by atoms with Crippen LogP contribution in [0.25, 0.3) is 11.0 Å². The second-order valence-electron chi connectivity index (χ2n) is 5.29. The van der Waals surface area contributed by atoms with Crippen LogP contribution in [-0.4, -0.2) is 24.3 Å². The van der Waals surface area contributed by atoms with Crippen molar-refractivity contribution in [2.45, 2.75) is 38.8 Å². The Kier molecular flexibility index (Phi) is 5.17. The smallest absolute Gasteiger partial charge is 0.134 e. The third-order valence-electron chi connectivity index (χ3n) is 3.68. The number of aryl methyl sites for hydroxylation is 1. The van der Waals surface area contributed by atoms with Crippen molar-refractivity contribution in [3.8, 4) is 0 Å². The van der Waals surface area contributed by atoms with Crippen molar-refractivity contribution in [2.24, 2.45) is 5.73 Å². The third kappa shape index (κ3) is 3.20. The molecule has 0 aliphatic carbocycles. The van der Waals surface area contributed by atoms with Crippen LogP contribution in [0.3, 0.4) is 0 Å². The van der Waals surface area contributed by atoms with E-state index in [9.17, 15) is 0 Å². The van der Waals surface area contributed by atoms with Gasteiger partial charge in [0.05, 0.1) is 0 Å². The first-order chi connectivity index (χ1) is 9.67. The zero-order valence-corrected chi connectivity index (χ0v) is 12.2. The predicted octanol–water partition coefficient (Wildman–Crippen LogP) is 2.49. The highest BCUT2D eigenvalue weighted by molar-refractivity contribution is 5.82. The Morgan fingerprint density at radius 1 is 1.35 bits per heavy atom. The molecule has 4 nitrogen and oxygen atoms in total. The summed E-state index contributed by atoms with van der Waals surface area (Å²) in [5.74, 6) is 0.920. The van der Waals surface area contributed by atoms with Crippen LogP contribution >= 0.6 is 0 Å². The van der Waals surface area contributed by atoms with Crippen molar-refractivity contribution in [1.29, 1.82) is 0 Å². The Morgan fingerprint density at radius 2 is 2.10 bits per heavy atom. The summed E-state index contributed by atoms with van der Waals surface area (Å²) in [5.41, 5.74) is 8.00. The van der Waals surface area contributed by atoms with Gasteiger partial charge in [-0.25, -0.2) is 0 Å². The van der Waals surface area contributed by atoms with E-state index in [1.54, 1.807) is 0 Å². The first-order valence-corrected chi connectivity index (χ1v) is 7.22. The first kappa shape index (κ1) is 15.0. The van der Waals surface area contributed by atoms with E-state index in [1.165, 1.54) is 0 Å². The van der Waals surface area contributed by atoms with E-state index < -0.39 is 0 Å². The summed E-state index contributed by atoms with van der Waals surface area (Å²) in [7, 11) is 0. The summed E-state index contributed by atoms with van der Waals surface area (Å²) in [6.45, 7) is 4.86. The van der Waals surface area contributed by atoms with Gasteiger partial charge in [0.25, 0.3) is 0 Å². The number of benzene rings is 1. The fourth-order valence-corrected chi connectivity index (χ4v) is 2.71. The number of furan rings is 1. The number of fused-ring (bicyclic) bond motifs is 1. The highest BCUT2D eigenvalue weighted by Crippen LogP contribution is 2.30. The monoisotopic (exact) mass is 276 g/mol. The van der Waals surface area contributed by atoms with Crippen molar-refractivity contribution in [1.82, 2.24) is 5.32 Å². The van der Waals surface area contributed by atoms with E-state index in [1.807, 2.05) is 25.1 Å². The van der Waals surface area contributed by atoms with Gasteiger partial charge in [0.2, 0.25) is 0 Å². The number of aliphatic hydroxyl groups is 1. The minimum atomic E-state index is 0.0762. The molecule has 0 fully saturated rings. The average molecular weight is 276 g/mol. The summed E-state index contributed by atoms with van der Waals surface area (Å²) < 4.78 is 5.81. The Balaban J connectivity index is 2.23. The molecular formula is C16H24N2O2. The summed E-state index contributed by atoms with van der Waals surface area (Å²) >= 11 is 0. The van der Waals surface area contributed by atoms with Crippen molar-refractivity contribution in [2.75, 3.05) is 13.2 Å². The van der Waals surface area contributed by atoms with Gasteiger partial charge in [0, 0.05) is 36.2 Å². The molecule has 2 unspecified atom stereocenters. The van der Waals surface area contributed by atoms with Gasteiger partial charge in [-0.05, 0) is 32.8 Å². The fourth-order valence-electron chi connectivity index (χ4n) is 2.71. The van der Waals surface area contributed by atoms with Gasteiger partial charge in [0.15, 0.2) is 0 Å². The molecule has 0 bridgehead atoms. The van der Waals surface area contributed by atoms with Gasteiger partial charge in [-0.15, -0.1) is 0 Å². The molecule has 20 heavy (non-hydrogen) atoms. The van der Waals surface area contributed by atoms with E-state index in [4.69, 9.17) is 15.3 Å². The maximum Gasteiger partial charge on any atom is 0.134 e. The van der Waals surface area contributed by atoms with Crippen LogP contribution in [0.4, 0.5) is 0 Å². The average Bonchev–Trinajstić information content (AvgIpc) is 2.78. The molecule has 0 spiro atoms. The lowest BCUT2D eigenvalue weighted by Gasteiger charge is -2.22. The molecule has 2 atom stereocenters. The summed E-state index contributed by atoms with van der Waals surface area (Å²) in [5, 5.41) is 13.6. The van der Waals surface area contributed by atoms with Crippen molar-refractivity contribution < 1.29 is 9.52 Å². The number of hydrogen-bond acceptors (Lipinski definition) is 4. The minimum absolute atomic E-state index is 0.0762. The molecule has 0 aliphatic rings. The standard InChI is InChI=1S/C16H24N2O2/c1-11(6-5-9-19)18-14(10-17)16-12(2)20-15-8-4-3-7-13(15)16/h3-4,7-8,11,14,18-19H,5-6,9-10,17H2,1-2H3. The van der Waals surface area contributed by atoms with Crippen LogP contribution in [0.15, 0.2) is 28.7 Å². The van der Waals surface area contributed by atoms with Gasteiger partial charge in [-0.1, -0.05) is 18.2 Å². The Bertz CT molecular complexity index is 550. The van der Waals surface area contributed by atoms with Crippen LogP contribution in [-0.2, 0) is 0 Å². The van der Waals surface area contributed by atoms with Crippen LogP contribution in [0.2, 0.25) is 0 Å². The molecule has 2 rings (SSSR count). The largest absolute Gasteiger partial charge is 0.461 e. The van der Waals surface area contributed by atoms with E-state index in [-0.39, 0.29) is 12.6 Å². The maximum atomic E-state index is 8.91. The lowest BCUT2D eigenvalue weighted by atomic mass is 10.0. The topological polar surface area (TPSA) is 71.4 Å². The van der Waals surface area contributed by atoms with Gasteiger partial charge in [0.1, 0.15) is 11.3 Å². The molecule has 0 saturated heterocycles. The molecule has 1 aromatic carbocycles. The lowest BCUT2D eigenvalue weighted by molar-refractivity contribution is 0.274. The summed E-state index contributed by atoms with van der Waals surface area (Å²) in [6, 6.07) is 8.43. The number of nitrogens with one attached hydrogen (secondary N) is 1. The third-order valence-corrected chi connectivity index (χ3v) is 3.68. The molecule has 1 heterocycles. The molecule has 4 heteroatoms. The van der Waals surface area contributed by atoms with Crippen molar-refractivity contribution in [3.63, 3.8) is 0 Å². The zero-order valence-electron chi connectivity index (χ0n) is 12.2. The zero-order chi connectivity index (χ0) is 14.5. The highest BCUT2D eigenvalue weighted by atomic mass is 16.3. The normalized spacial score (nSPS) is 14.6. The van der Waals surface area contributed by atoms with Crippen LogP contribution in [0.5, 0.6) is 0 Å².